The van der Waals surface area contributed by atoms with Gasteiger partial charge >= 0.3 is 0 Å². The fourth-order valence-electron chi connectivity index (χ4n) is 0.377. The van der Waals surface area contributed by atoms with Crippen molar-refractivity contribution in [1.82, 2.24) is 0 Å². The van der Waals surface area contributed by atoms with Crippen molar-refractivity contribution in [3.63, 3.8) is 0 Å². The summed E-state index contributed by atoms with van der Waals surface area (Å²) in [5.74, 6) is 0. The van der Waals surface area contributed by atoms with Crippen molar-refractivity contribution in [2.24, 2.45) is 5.73 Å². The molecular weight excluding hydrogens is 142 g/mol. The number of ether oxygens (including phenoxy) is 2. The molecule has 4 heteroatoms. The van der Waals surface area contributed by atoms with Crippen LogP contribution in [-0.2, 0) is 9.47 Å². The first-order valence-corrected chi connectivity index (χ1v) is 2.80. The highest BCUT2D eigenvalue weighted by atomic mass is 35.5. The average molecular weight is 156 g/mol. The van der Waals surface area contributed by atoms with Crippen LogP contribution >= 0.6 is 12.4 Å². The van der Waals surface area contributed by atoms with Crippen LogP contribution in [0.3, 0.4) is 0 Å². The third-order valence-electron chi connectivity index (χ3n) is 0.662. The van der Waals surface area contributed by atoms with E-state index in [1.807, 2.05) is 13.8 Å². The summed E-state index contributed by atoms with van der Waals surface area (Å²) < 4.78 is 9.68. The first kappa shape index (κ1) is 11.9. The molecule has 0 aromatic rings. The molecule has 0 aromatic carbocycles. The molecule has 3 nitrogen and oxygen atoms in total. The highest BCUT2D eigenvalue weighted by Crippen LogP contribution is 1.83. The van der Waals surface area contributed by atoms with Crippen LogP contribution in [0, 0.1) is 0 Å². The molecule has 0 fully saturated rings. The predicted octanol–water partition coefficient (Wildman–Crippen LogP) is 0.724. The molecule has 0 radical (unpaired) electrons. The number of hydrogen-bond donors (Lipinski definition) is 1. The van der Waals surface area contributed by atoms with Gasteiger partial charge < -0.3 is 9.47 Å². The summed E-state index contributed by atoms with van der Waals surface area (Å²) in [6, 6.07) is 0. The number of rotatable bonds is 4. The molecule has 0 aliphatic rings. The van der Waals surface area contributed by atoms with Gasteiger partial charge in [-0.05, 0) is 13.8 Å². The second kappa shape index (κ2) is 8.17. The lowest BCUT2D eigenvalue weighted by Gasteiger charge is -2.09. The molecular formula is C5H14ClNO2. The van der Waals surface area contributed by atoms with E-state index in [1.165, 1.54) is 0 Å². The van der Waals surface area contributed by atoms with Gasteiger partial charge in [-0.25, -0.2) is 0 Å². The molecule has 0 aliphatic carbocycles. The van der Waals surface area contributed by atoms with Crippen LogP contribution in [0.15, 0.2) is 0 Å². The van der Waals surface area contributed by atoms with Crippen molar-refractivity contribution in [3.8, 4) is 0 Å². The van der Waals surface area contributed by atoms with Gasteiger partial charge in [-0.3, -0.25) is 5.73 Å². The molecule has 0 saturated heterocycles. The predicted molar refractivity (Wildman–Crippen MR) is 38.5 cm³/mol. The summed E-state index contributed by atoms with van der Waals surface area (Å²) in [4.78, 5) is 0. The second-order valence-electron chi connectivity index (χ2n) is 1.28. The molecule has 0 amide bonds. The van der Waals surface area contributed by atoms with Crippen LogP contribution in [0.1, 0.15) is 13.8 Å². The van der Waals surface area contributed by atoms with Crippen molar-refractivity contribution in [1.29, 1.82) is 0 Å². The topological polar surface area (TPSA) is 44.5 Å². The number of halogens is 1. The molecule has 0 unspecified atom stereocenters. The van der Waals surface area contributed by atoms with Crippen molar-refractivity contribution in [3.05, 3.63) is 0 Å². The second-order valence-corrected chi connectivity index (χ2v) is 1.28. The van der Waals surface area contributed by atoms with E-state index in [0.29, 0.717) is 13.2 Å². The van der Waals surface area contributed by atoms with Gasteiger partial charge in [-0.1, -0.05) is 0 Å². The van der Waals surface area contributed by atoms with Crippen LogP contribution in [-0.4, -0.2) is 19.6 Å². The van der Waals surface area contributed by atoms with Crippen LogP contribution in [0.4, 0.5) is 0 Å². The summed E-state index contributed by atoms with van der Waals surface area (Å²) in [5, 5.41) is 0. The van der Waals surface area contributed by atoms with E-state index in [-0.39, 0.29) is 12.4 Å². The third-order valence-corrected chi connectivity index (χ3v) is 0.662. The lowest BCUT2D eigenvalue weighted by molar-refractivity contribution is -0.131. The van der Waals surface area contributed by atoms with Gasteiger partial charge in [-0.2, -0.15) is 0 Å². The van der Waals surface area contributed by atoms with Crippen LogP contribution in [0.25, 0.3) is 0 Å². The van der Waals surface area contributed by atoms with Gasteiger partial charge in [0.15, 0.2) is 0 Å². The average Bonchev–Trinajstić information content (AvgIpc) is 1.68. The van der Waals surface area contributed by atoms with E-state index in [9.17, 15) is 0 Å². The Labute approximate surface area is 61.9 Å². The Bertz CT molecular complexity index is 48.2. The van der Waals surface area contributed by atoms with E-state index < -0.39 is 6.41 Å². The fourth-order valence-corrected chi connectivity index (χ4v) is 0.377. The van der Waals surface area contributed by atoms with Gasteiger partial charge in [0, 0.05) is 13.2 Å². The molecule has 9 heavy (non-hydrogen) atoms. The largest absolute Gasteiger partial charge is 0.340 e. The molecule has 2 N–H and O–H groups in total. The van der Waals surface area contributed by atoms with Crippen molar-refractivity contribution >= 4 is 12.4 Å². The first-order chi connectivity index (χ1) is 3.81. The standard InChI is InChI=1S/C5H13NO2.ClH/c1-3-7-5(6)8-4-2;/h5H,3-4,6H2,1-2H3;1H. The fraction of sp³-hybridized carbons (Fsp3) is 1.00. The van der Waals surface area contributed by atoms with Gasteiger partial charge in [0.1, 0.15) is 0 Å². The lowest BCUT2D eigenvalue weighted by Crippen LogP contribution is -2.26. The van der Waals surface area contributed by atoms with Crippen molar-refractivity contribution in [2.45, 2.75) is 20.3 Å². The van der Waals surface area contributed by atoms with Crippen molar-refractivity contribution < 1.29 is 9.47 Å². The molecule has 0 bridgehead atoms. The van der Waals surface area contributed by atoms with Gasteiger partial charge in [0.25, 0.3) is 0 Å². The van der Waals surface area contributed by atoms with E-state index in [2.05, 4.69) is 0 Å². The zero-order valence-corrected chi connectivity index (χ0v) is 6.61. The molecule has 0 atom stereocenters. The Hall–Kier alpha value is 0.170. The molecule has 0 saturated carbocycles. The van der Waals surface area contributed by atoms with Gasteiger partial charge in [0.2, 0.25) is 6.41 Å². The lowest BCUT2D eigenvalue weighted by atomic mass is 10.8. The minimum Gasteiger partial charge on any atom is -0.340 e. The minimum absolute atomic E-state index is 0. The normalized spacial score (nSPS) is 9.33. The monoisotopic (exact) mass is 155 g/mol. The summed E-state index contributed by atoms with van der Waals surface area (Å²) in [5.41, 5.74) is 5.25. The van der Waals surface area contributed by atoms with Crippen LogP contribution in [0.5, 0.6) is 0 Å². The van der Waals surface area contributed by atoms with Crippen LogP contribution < -0.4 is 5.73 Å². The Balaban J connectivity index is 0. The molecule has 0 spiro atoms. The van der Waals surface area contributed by atoms with Crippen LogP contribution in [0.2, 0.25) is 0 Å². The number of nitrogens with two attached hydrogens (primary N) is 1. The molecule has 0 aromatic heterocycles. The maximum atomic E-state index is 5.25. The Kier molecular flexibility index (Phi) is 10.8. The summed E-state index contributed by atoms with van der Waals surface area (Å²) in [6.07, 6.45) is -0.537. The molecule has 0 aliphatic heterocycles. The van der Waals surface area contributed by atoms with Gasteiger partial charge in [-0.15, -0.1) is 12.4 Å². The Morgan fingerprint density at radius 1 is 1.22 bits per heavy atom. The first-order valence-electron chi connectivity index (χ1n) is 2.80. The quantitative estimate of drug-likeness (QED) is 0.609. The highest BCUT2D eigenvalue weighted by molar-refractivity contribution is 5.85. The maximum Gasteiger partial charge on any atom is 0.213 e. The maximum absolute atomic E-state index is 5.25. The SMILES string of the molecule is CCOC(N)OCC.Cl. The smallest absolute Gasteiger partial charge is 0.213 e. The van der Waals surface area contributed by atoms with Gasteiger partial charge in [0.05, 0.1) is 0 Å². The highest BCUT2D eigenvalue weighted by Gasteiger charge is 1.95. The van der Waals surface area contributed by atoms with E-state index in [0.717, 1.165) is 0 Å². The number of hydrogen-bond acceptors (Lipinski definition) is 3. The molecule has 0 rings (SSSR count). The zero-order chi connectivity index (χ0) is 6.41. The Morgan fingerprint density at radius 2 is 1.56 bits per heavy atom. The van der Waals surface area contributed by atoms with E-state index in [4.69, 9.17) is 15.2 Å². The third kappa shape index (κ3) is 8.17. The van der Waals surface area contributed by atoms with E-state index >= 15 is 0 Å². The zero-order valence-electron chi connectivity index (χ0n) is 5.79. The summed E-state index contributed by atoms with van der Waals surface area (Å²) in [7, 11) is 0. The molecule has 58 valence electrons. The van der Waals surface area contributed by atoms with Crippen molar-refractivity contribution in [2.75, 3.05) is 13.2 Å². The summed E-state index contributed by atoms with van der Waals surface area (Å²) >= 11 is 0. The molecule has 0 heterocycles. The minimum atomic E-state index is -0.537. The Morgan fingerprint density at radius 3 is 1.78 bits per heavy atom. The van der Waals surface area contributed by atoms with E-state index in [1.54, 1.807) is 0 Å². The summed E-state index contributed by atoms with van der Waals surface area (Å²) in [6.45, 7) is 4.94.